The molecule has 2 N–H and O–H groups in total. The molecule has 1 aromatic rings. The Labute approximate surface area is 133 Å². The molecule has 0 saturated carbocycles. The standard InChI is InChI=1S/C16H20FNO5/c1-22-13-3-2-11(9-12(13)17)15(16(20)21)18-14(19)8-10-4-6-23-7-5-10/h2-3,9-10,15H,4-8H2,1H3,(H,18,19)(H,20,21). The van der Waals surface area contributed by atoms with Gasteiger partial charge < -0.3 is 19.9 Å². The second-order valence-corrected chi connectivity index (χ2v) is 5.49. The zero-order chi connectivity index (χ0) is 16.8. The van der Waals surface area contributed by atoms with Crippen molar-refractivity contribution >= 4 is 11.9 Å². The van der Waals surface area contributed by atoms with Crippen molar-refractivity contribution in [3.05, 3.63) is 29.6 Å². The number of amides is 1. The fourth-order valence-corrected chi connectivity index (χ4v) is 2.58. The monoisotopic (exact) mass is 325 g/mol. The summed E-state index contributed by atoms with van der Waals surface area (Å²) in [6, 6.07) is 2.54. The van der Waals surface area contributed by atoms with Crippen LogP contribution in [0.5, 0.6) is 5.75 Å². The van der Waals surface area contributed by atoms with Gasteiger partial charge in [-0.1, -0.05) is 6.07 Å². The molecule has 1 aliphatic rings. The van der Waals surface area contributed by atoms with Crippen molar-refractivity contribution in [1.29, 1.82) is 0 Å². The maximum absolute atomic E-state index is 13.7. The second kappa shape index (κ2) is 7.92. The summed E-state index contributed by atoms with van der Waals surface area (Å²) in [6.45, 7) is 1.23. The molecule has 1 saturated heterocycles. The number of hydrogen-bond donors (Lipinski definition) is 2. The molecule has 23 heavy (non-hydrogen) atoms. The predicted octanol–water partition coefficient (Wildman–Crippen LogP) is 1.89. The highest BCUT2D eigenvalue weighted by molar-refractivity contribution is 5.84. The highest BCUT2D eigenvalue weighted by Gasteiger charge is 2.25. The van der Waals surface area contributed by atoms with Crippen LogP contribution in [0, 0.1) is 11.7 Å². The van der Waals surface area contributed by atoms with Gasteiger partial charge in [0.1, 0.15) is 0 Å². The van der Waals surface area contributed by atoms with E-state index in [0.29, 0.717) is 13.2 Å². The molecule has 0 aromatic heterocycles. The van der Waals surface area contributed by atoms with Crippen LogP contribution in [0.1, 0.15) is 30.9 Å². The van der Waals surface area contributed by atoms with Gasteiger partial charge in [-0.05, 0) is 36.5 Å². The summed E-state index contributed by atoms with van der Waals surface area (Å²) in [5, 5.41) is 11.8. The van der Waals surface area contributed by atoms with Crippen LogP contribution in [0.4, 0.5) is 4.39 Å². The molecule has 6 nitrogen and oxygen atoms in total. The quantitative estimate of drug-likeness (QED) is 0.834. The van der Waals surface area contributed by atoms with Gasteiger partial charge in [-0.25, -0.2) is 9.18 Å². The molecule has 1 aliphatic heterocycles. The van der Waals surface area contributed by atoms with Gasteiger partial charge >= 0.3 is 5.97 Å². The molecular formula is C16H20FNO5. The molecule has 7 heteroatoms. The Kier molecular flexibility index (Phi) is 5.92. The number of carbonyl (C=O) groups excluding carboxylic acids is 1. The van der Waals surface area contributed by atoms with Crippen LogP contribution < -0.4 is 10.1 Å². The molecular weight excluding hydrogens is 305 g/mol. The van der Waals surface area contributed by atoms with E-state index in [1.54, 1.807) is 0 Å². The molecule has 1 aromatic carbocycles. The number of carboxylic acids is 1. The Morgan fingerprint density at radius 1 is 1.43 bits per heavy atom. The van der Waals surface area contributed by atoms with E-state index in [9.17, 15) is 19.1 Å². The first-order valence-electron chi connectivity index (χ1n) is 7.44. The van der Waals surface area contributed by atoms with Gasteiger partial charge in [0, 0.05) is 19.6 Å². The summed E-state index contributed by atoms with van der Waals surface area (Å²) < 4.78 is 23.8. The number of methoxy groups -OCH3 is 1. The van der Waals surface area contributed by atoms with E-state index in [2.05, 4.69) is 5.32 Å². The molecule has 0 bridgehead atoms. The van der Waals surface area contributed by atoms with E-state index in [4.69, 9.17) is 9.47 Å². The Morgan fingerprint density at radius 2 is 2.13 bits per heavy atom. The van der Waals surface area contributed by atoms with E-state index < -0.39 is 17.8 Å². The van der Waals surface area contributed by atoms with Crippen molar-refractivity contribution < 1.29 is 28.6 Å². The first kappa shape index (κ1) is 17.2. The largest absolute Gasteiger partial charge is 0.494 e. The molecule has 1 heterocycles. The first-order valence-corrected chi connectivity index (χ1v) is 7.44. The minimum absolute atomic E-state index is 0.0198. The van der Waals surface area contributed by atoms with Crippen molar-refractivity contribution in [2.24, 2.45) is 5.92 Å². The van der Waals surface area contributed by atoms with Gasteiger partial charge in [0.15, 0.2) is 17.6 Å². The highest BCUT2D eigenvalue weighted by Crippen LogP contribution is 2.23. The summed E-state index contributed by atoms with van der Waals surface area (Å²) in [5.41, 5.74) is 0.163. The lowest BCUT2D eigenvalue weighted by Gasteiger charge is -2.22. The molecule has 0 radical (unpaired) electrons. The minimum atomic E-state index is -1.29. The lowest BCUT2D eigenvalue weighted by Crippen LogP contribution is -2.35. The van der Waals surface area contributed by atoms with Gasteiger partial charge in [0.2, 0.25) is 5.91 Å². The average molecular weight is 325 g/mol. The summed E-state index contributed by atoms with van der Waals surface area (Å²) in [6.07, 6.45) is 1.80. The smallest absolute Gasteiger partial charge is 0.330 e. The minimum Gasteiger partial charge on any atom is -0.494 e. The topological polar surface area (TPSA) is 84.9 Å². The van der Waals surface area contributed by atoms with Crippen molar-refractivity contribution in [3.8, 4) is 5.75 Å². The number of ether oxygens (including phenoxy) is 2. The van der Waals surface area contributed by atoms with E-state index in [1.165, 1.54) is 19.2 Å². The van der Waals surface area contributed by atoms with E-state index >= 15 is 0 Å². The lowest BCUT2D eigenvalue weighted by molar-refractivity contribution is -0.142. The van der Waals surface area contributed by atoms with Gasteiger partial charge in [-0.3, -0.25) is 4.79 Å². The van der Waals surface area contributed by atoms with Crippen molar-refractivity contribution in [1.82, 2.24) is 5.32 Å². The van der Waals surface area contributed by atoms with Gasteiger partial charge in [0.05, 0.1) is 7.11 Å². The van der Waals surface area contributed by atoms with Gasteiger partial charge in [-0.15, -0.1) is 0 Å². The zero-order valence-corrected chi connectivity index (χ0v) is 12.9. The number of carbonyl (C=O) groups is 2. The van der Waals surface area contributed by atoms with E-state index in [1.807, 2.05) is 0 Å². The average Bonchev–Trinajstić information content (AvgIpc) is 2.53. The molecule has 1 unspecified atom stereocenters. The number of nitrogens with one attached hydrogen (secondary N) is 1. The Hall–Kier alpha value is -2.15. The third-order valence-electron chi connectivity index (χ3n) is 3.88. The van der Waals surface area contributed by atoms with Gasteiger partial charge in [-0.2, -0.15) is 0 Å². The molecule has 0 spiro atoms. The number of benzene rings is 1. The Morgan fingerprint density at radius 3 is 2.70 bits per heavy atom. The van der Waals surface area contributed by atoms with Crippen LogP contribution in [0.2, 0.25) is 0 Å². The molecule has 126 valence electrons. The van der Waals surface area contributed by atoms with Crippen LogP contribution in [0.15, 0.2) is 18.2 Å². The summed E-state index contributed by atoms with van der Waals surface area (Å²) in [5.74, 6) is -2.07. The number of rotatable bonds is 6. The van der Waals surface area contributed by atoms with Crippen LogP contribution in [0.25, 0.3) is 0 Å². The Bertz CT molecular complexity index is 572. The second-order valence-electron chi connectivity index (χ2n) is 5.49. The molecule has 0 aliphatic carbocycles. The fourth-order valence-electron chi connectivity index (χ4n) is 2.58. The third kappa shape index (κ3) is 4.66. The maximum atomic E-state index is 13.7. The van der Waals surface area contributed by atoms with Crippen LogP contribution in [-0.2, 0) is 14.3 Å². The summed E-state index contributed by atoms with van der Waals surface area (Å²) in [7, 11) is 1.32. The highest BCUT2D eigenvalue weighted by atomic mass is 19.1. The molecule has 1 fully saturated rings. The predicted molar refractivity (Wildman–Crippen MR) is 79.6 cm³/mol. The lowest BCUT2D eigenvalue weighted by atomic mass is 9.96. The maximum Gasteiger partial charge on any atom is 0.330 e. The fraction of sp³-hybridized carbons (Fsp3) is 0.500. The first-order chi connectivity index (χ1) is 11.0. The van der Waals surface area contributed by atoms with Crippen molar-refractivity contribution in [2.45, 2.75) is 25.3 Å². The van der Waals surface area contributed by atoms with Crippen LogP contribution in [0.3, 0.4) is 0 Å². The molecule has 1 amide bonds. The third-order valence-corrected chi connectivity index (χ3v) is 3.88. The van der Waals surface area contributed by atoms with Gasteiger partial charge in [0.25, 0.3) is 0 Å². The summed E-state index contributed by atoms with van der Waals surface area (Å²) in [4.78, 5) is 23.5. The van der Waals surface area contributed by atoms with Crippen molar-refractivity contribution in [2.75, 3.05) is 20.3 Å². The number of halogens is 1. The van der Waals surface area contributed by atoms with Crippen LogP contribution in [-0.4, -0.2) is 37.3 Å². The zero-order valence-electron chi connectivity index (χ0n) is 12.9. The number of aliphatic carboxylic acids is 1. The van der Waals surface area contributed by atoms with Crippen LogP contribution >= 0.6 is 0 Å². The van der Waals surface area contributed by atoms with Crippen molar-refractivity contribution in [3.63, 3.8) is 0 Å². The van der Waals surface area contributed by atoms with E-state index in [-0.39, 0.29) is 29.6 Å². The normalized spacial score (nSPS) is 16.6. The number of hydrogen-bond acceptors (Lipinski definition) is 4. The SMILES string of the molecule is COc1ccc(C(NC(=O)CC2CCOCC2)C(=O)O)cc1F. The molecule has 1 atom stereocenters. The summed E-state index contributed by atoms with van der Waals surface area (Å²) >= 11 is 0. The van der Waals surface area contributed by atoms with E-state index in [0.717, 1.165) is 18.9 Å². The Balaban J connectivity index is 2.04. The number of carboxylic acid groups (broad SMARTS) is 1. The molecule has 2 rings (SSSR count).